The molecule has 0 bridgehead atoms. The predicted octanol–water partition coefficient (Wildman–Crippen LogP) is 4.00. The normalized spacial score (nSPS) is 10.5. The van der Waals surface area contributed by atoms with Gasteiger partial charge in [0.25, 0.3) is 5.89 Å². The average molecular weight is 407 g/mol. The van der Waals surface area contributed by atoms with E-state index in [4.69, 9.17) is 14.0 Å². The molecule has 0 aliphatic carbocycles. The van der Waals surface area contributed by atoms with Crippen molar-refractivity contribution < 1.29 is 23.2 Å². The summed E-state index contributed by atoms with van der Waals surface area (Å²) in [5, 5.41) is 3.84. The molecule has 128 valence electrons. The Morgan fingerprint density at radius 1 is 1.28 bits per heavy atom. The molecule has 0 saturated carbocycles. The fourth-order valence-electron chi connectivity index (χ4n) is 2.05. The summed E-state index contributed by atoms with van der Waals surface area (Å²) in [6.07, 6.45) is 0. The van der Waals surface area contributed by atoms with Gasteiger partial charge in [0.15, 0.2) is 6.61 Å². The number of hydrogen-bond donors (Lipinski definition) is 0. The molecule has 3 aromatic rings. The second-order valence-corrected chi connectivity index (χ2v) is 5.80. The first-order chi connectivity index (χ1) is 12.1. The fraction of sp³-hybridized carbons (Fsp3) is 0.118. The highest BCUT2D eigenvalue weighted by atomic mass is 79.9. The standard InChI is InChI=1S/C17H12BrFN2O4/c1-23-12-4-2-3-10(7-12)16-20-15(25-21-16)9-24-17(22)13-8-11(19)5-6-14(13)18/h2-8H,9H2,1H3. The summed E-state index contributed by atoms with van der Waals surface area (Å²) in [4.78, 5) is 16.2. The minimum Gasteiger partial charge on any atom is -0.497 e. The molecule has 3 rings (SSSR count). The lowest BCUT2D eigenvalue weighted by Gasteiger charge is -2.04. The zero-order chi connectivity index (χ0) is 17.8. The third kappa shape index (κ3) is 4.03. The van der Waals surface area contributed by atoms with E-state index < -0.39 is 11.8 Å². The Kier molecular flexibility index (Phi) is 5.08. The van der Waals surface area contributed by atoms with E-state index in [9.17, 15) is 9.18 Å². The first-order valence-corrected chi connectivity index (χ1v) is 7.95. The highest BCUT2D eigenvalue weighted by Crippen LogP contribution is 2.22. The van der Waals surface area contributed by atoms with E-state index in [0.717, 1.165) is 6.07 Å². The first kappa shape index (κ1) is 17.1. The van der Waals surface area contributed by atoms with Gasteiger partial charge in [0.2, 0.25) is 5.82 Å². The lowest BCUT2D eigenvalue weighted by atomic mass is 10.2. The number of esters is 1. The maximum atomic E-state index is 13.2. The average Bonchev–Trinajstić information content (AvgIpc) is 3.11. The van der Waals surface area contributed by atoms with E-state index >= 15 is 0 Å². The van der Waals surface area contributed by atoms with Gasteiger partial charge in [-0.25, -0.2) is 9.18 Å². The minimum atomic E-state index is -0.701. The number of benzene rings is 2. The van der Waals surface area contributed by atoms with Gasteiger partial charge in [-0.2, -0.15) is 4.98 Å². The van der Waals surface area contributed by atoms with Gasteiger partial charge in [-0.1, -0.05) is 17.3 Å². The molecule has 0 unspecified atom stereocenters. The summed E-state index contributed by atoms with van der Waals surface area (Å²) in [6, 6.07) is 10.9. The van der Waals surface area contributed by atoms with E-state index in [1.807, 2.05) is 0 Å². The van der Waals surface area contributed by atoms with Crippen molar-refractivity contribution in [1.82, 2.24) is 10.1 Å². The van der Waals surface area contributed by atoms with Gasteiger partial charge in [0.05, 0.1) is 12.7 Å². The van der Waals surface area contributed by atoms with Crippen molar-refractivity contribution in [3.8, 4) is 17.1 Å². The van der Waals surface area contributed by atoms with Crippen molar-refractivity contribution in [2.45, 2.75) is 6.61 Å². The summed E-state index contributed by atoms with van der Waals surface area (Å²) in [5.74, 6) is -0.109. The highest BCUT2D eigenvalue weighted by molar-refractivity contribution is 9.10. The van der Waals surface area contributed by atoms with Crippen LogP contribution in [0.2, 0.25) is 0 Å². The molecule has 0 amide bonds. The van der Waals surface area contributed by atoms with Crippen LogP contribution >= 0.6 is 15.9 Å². The number of halogens is 2. The van der Waals surface area contributed by atoms with Crippen LogP contribution in [0.25, 0.3) is 11.4 Å². The molecule has 2 aromatic carbocycles. The third-order valence-electron chi connectivity index (χ3n) is 3.27. The van der Waals surface area contributed by atoms with Crippen molar-refractivity contribution in [2.75, 3.05) is 7.11 Å². The van der Waals surface area contributed by atoms with Crippen LogP contribution < -0.4 is 4.74 Å². The maximum absolute atomic E-state index is 13.2. The van der Waals surface area contributed by atoms with E-state index in [2.05, 4.69) is 26.1 Å². The Balaban J connectivity index is 1.69. The van der Waals surface area contributed by atoms with E-state index in [1.54, 1.807) is 31.4 Å². The quantitative estimate of drug-likeness (QED) is 0.596. The van der Waals surface area contributed by atoms with Crippen LogP contribution in [-0.4, -0.2) is 23.2 Å². The maximum Gasteiger partial charge on any atom is 0.339 e. The number of aromatic nitrogens is 2. The van der Waals surface area contributed by atoms with Crippen molar-refractivity contribution in [1.29, 1.82) is 0 Å². The predicted molar refractivity (Wildman–Crippen MR) is 89.5 cm³/mol. The van der Waals surface area contributed by atoms with Crippen molar-refractivity contribution >= 4 is 21.9 Å². The van der Waals surface area contributed by atoms with Gasteiger partial charge in [-0.3, -0.25) is 0 Å². The van der Waals surface area contributed by atoms with Crippen LogP contribution in [0.5, 0.6) is 5.75 Å². The highest BCUT2D eigenvalue weighted by Gasteiger charge is 2.15. The fourth-order valence-corrected chi connectivity index (χ4v) is 2.46. The molecule has 0 radical (unpaired) electrons. The number of rotatable bonds is 5. The van der Waals surface area contributed by atoms with Crippen LogP contribution in [0.15, 0.2) is 51.5 Å². The second kappa shape index (κ2) is 7.43. The molecular formula is C17H12BrFN2O4. The topological polar surface area (TPSA) is 74.5 Å². The molecule has 6 nitrogen and oxygen atoms in total. The zero-order valence-electron chi connectivity index (χ0n) is 13.0. The Bertz CT molecular complexity index is 913. The van der Waals surface area contributed by atoms with E-state index in [-0.39, 0.29) is 18.1 Å². The van der Waals surface area contributed by atoms with Gasteiger partial charge in [-0.05, 0) is 46.3 Å². The molecule has 8 heteroatoms. The van der Waals surface area contributed by atoms with Crippen molar-refractivity contribution in [3.63, 3.8) is 0 Å². The van der Waals surface area contributed by atoms with Gasteiger partial charge in [-0.15, -0.1) is 0 Å². The number of ether oxygens (including phenoxy) is 2. The molecule has 0 atom stereocenters. The molecule has 0 saturated heterocycles. The first-order valence-electron chi connectivity index (χ1n) is 7.16. The molecule has 0 aliphatic heterocycles. The lowest BCUT2D eigenvalue weighted by molar-refractivity contribution is 0.0428. The molecule has 0 spiro atoms. The summed E-state index contributed by atoms with van der Waals surface area (Å²) in [7, 11) is 1.56. The van der Waals surface area contributed by atoms with Crippen molar-refractivity contribution in [3.05, 3.63) is 64.2 Å². The van der Waals surface area contributed by atoms with Crippen molar-refractivity contribution in [2.24, 2.45) is 0 Å². The molecule has 25 heavy (non-hydrogen) atoms. The van der Waals surface area contributed by atoms with Crippen LogP contribution in [-0.2, 0) is 11.3 Å². The Morgan fingerprint density at radius 2 is 2.12 bits per heavy atom. The van der Waals surface area contributed by atoms with Gasteiger partial charge in [0.1, 0.15) is 11.6 Å². The minimum absolute atomic E-state index is 0.0764. The number of methoxy groups -OCH3 is 1. The number of carbonyl (C=O) groups is 1. The largest absolute Gasteiger partial charge is 0.497 e. The number of carbonyl (C=O) groups excluding carboxylic acids is 1. The Hall–Kier alpha value is -2.74. The summed E-state index contributed by atoms with van der Waals surface area (Å²) in [6.45, 7) is -0.223. The van der Waals surface area contributed by atoms with Crippen LogP contribution in [0, 0.1) is 5.82 Å². The lowest BCUT2D eigenvalue weighted by Crippen LogP contribution is -2.06. The smallest absolute Gasteiger partial charge is 0.339 e. The van der Waals surface area contributed by atoms with Gasteiger partial charge in [0, 0.05) is 10.0 Å². The van der Waals surface area contributed by atoms with Gasteiger partial charge >= 0.3 is 5.97 Å². The van der Waals surface area contributed by atoms with Crippen LogP contribution in [0.1, 0.15) is 16.2 Å². The Morgan fingerprint density at radius 3 is 2.92 bits per heavy atom. The summed E-state index contributed by atoms with van der Waals surface area (Å²) in [5.41, 5.74) is 0.779. The summed E-state index contributed by atoms with van der Waals surface area (Å²) < 4.78 is 29.0. The molecule has 0 N–H and O–H groups in total. The molecule has 1 aromatic heterocycles. The summed E-state index contributed by atoms with van der Waals surface area (Å²) >= 11 is 3.17. The monoisotopic (exact) mass is 406 g/mol. The number of hydrogen-bond acceptors (Lipinski definition) is 6. The van der Waals surface area contributed by atoms with E-state index in [1.165, 1.54) is 12.1 Å². The van der Waals surface area contributed by atoms with Gasteiger partial charge < -0.3 is 14.0 Å². The second-order valence-electron chi connectivity index (χ2n) is 4.94. The van der Waals surface area contributed by atoms with Crippen LogP contribution in [0.4, 0.5) is 4.39 Å². The zero-order valence-corrected chi connectivity index (χ0v) is 14.6. The molecular weight excluding hydrogens is 395 g/mol. The Labute approximate surface area is 150 Å². The van der Waals surface area contributed by atoms with E-state index in [0.29, 0.717) is 21.6 Å². The molecule has 1 heterocycles. The molecule has 0 aliphatic rings. The number of nitrogens with zero attached hydrogens (tertiary/aromatic N) is 2. The molecule has 0 fully saturated rings. The third-order valence-corrected chi connectivity index (χ3v) is 3.96. The SMILES string of the molecule is COc1cccc(-c2noc(COC(=O)c3cc(F)ccc3Br)n2)c1. The van der Waals surface area contributed by atoms with Crippen LogP contribution in [0.3, 0.4) is 0 Å².